The van der Waals surface area contributed by atoms with E-state index in [1.54, 1.807) is 30.0 Å². The minimum atomic E-state index is -0.908. The summed E-state index contributed by atoms with van der Waals surface area (Å²) in [6.45, 7) is 3.87. The molecule has 3 heterocycles. The molecule has 0 aliphatic carbocycles. The first-order chi connectivity index (χ1) is 18.2. The minimum Gasteiger partial charge on any atom is -0.496 e. The van der Waals surface area contributed by atoms with E-state index in [0.717, 1.165) is 22.2 Å². The van der Waals surface area contributed by atoms with E-state index in [1.165, 1.54) is 0 Å². The number of benzene rings is 2. The first-order valence-electron chi connectivity index (χ1n) is 13.0. The maximum atomic E-state index is 14.0. The number of anilines is 1. The molecule has 3 atom stereocenters. The Hall–Kier alpha value is -3.85. The number of amides is 3. The molecule has 2 aliphatic heterocycles. The molecule has 3 amide bonds. The number of para-hydroxylation sites is 1. The van der Waals surface area contributed by atoms with Gasteiger partial charge in [0.25, 0.3) is 5.91 Å². The smallest absolute Gasteiger partial charge is 0.268 e. The van der Waals surface area contributed by atoms with E-state index in [-0.39, 0.29) is 30.9 Å². The normalized spacial score (nSPS) is 21.4. The molecule has 200 valence electrons. The third-order valence-electron chi connectivity index (χ3n) is 7.85. The predicted octanol–water partition coefficient (Wildman–Crippen LogP) is 2.83. The lowest BCUT2D eigenvalue weighted by molar-refractivity contribution is -0.135. The summed E-state index contributed by atoms with van der Waals surface area (Å²) in [5.41, 5.74) is 1.87. The van der Waals surface area contributed by atoms with Crippen molar-refractivity contribution in [2.45, 2.75) is 44.2 Å². The highest BCUT2D eigenvalue weighted by molar-refractivity contribution is 6.09. The molecule has 38 heavy (non-hydrogen) atoms. The fourth-order valence-corrected chi connectivity index (χ4v) is 6.04. The van der Waals surface area contributed by atoms with Crippen LogP contribution in [0.2, 0.25) is 0 Å². The summed E-state index contributed by atoms with van der Waals surface area (Å²) in [5.74, 6) is -0.0115. The van der Waals surface area contributed by atoms with Crippen molar-refractivity contribution >= 4 is 34.3 Å². The van der Waals surface area contributed by atoms with Gasteiger partial charge in [-0.05, 0) is 48.6 Å². The number of likely N-dealkylation sites (tertiary alicyclic amines) is 1. The molecule has 1 fully saturated rings. The molecule has 3 N–H and O–H groups in total. The standard InChI is InChI=1S/C29H34N4O5/c1-17(2)12-23(31-26(35)22-13-19-21(30-22)9-7-11-25(19)38-4)27(36)33-16-29(14-18(33)15-34)20-8-5-6-10-24(20)32(3)28(29)37/h5-11,13,17-18,23,30,34H,12,14-16H2,1-4H3,(H,31,35)/t18-,23-,29-/m0/s1. The summed E-state index contributed by atoms with van der Waals surface area (Å²) in [6, 6.07) is 13.5. The third kappa shape index (κ3) is 4.11. The number of aliphatic hydroxyl groups is 1. The van der Waals surface area contributed by atoms with Crippen LogP contribution >= 0.6 is 0 Å². The molecule has 9 heteroatoms. The van der Waals surface area contributed by atoms with Crippen LogP contribution in [0.5, 0.6) is 5.75 Å². The molecule has 0 bridgehead atoms. The predicted molar refractivity (Wildman–Crippen MR) is 144 cm³/mol. The molecule has 0 radical (unpaired) electrons. The molecule has 5 rings (SSSR count). The Balaban J connectivity index is 1.43. The Morgan fingerprint density at radius 2 is 1.97 bits per heavy atom. The van der Waals surface area contributed by atoms with Crippen molar-refractivity contribution in [3.05, 3.63) is 59.8 Å². The number of carbonyl (C=O) groups is 3. The van der Waals surface area contributed by atoms with E-state index in [0.29, 0.717) is 24.3 Å². The molecule has 1 saturated heterocycles. The van der Waals surface area contributed by atoms with Crippen LogP contribution in [-0.2, 0) is 15.0 Å². The highest BCUT2D eigenvalue weighted by Crippen LogP contribution is 2.48. The van der Waals surface area contributed by atoms with Crippen LogP contribution in [0.1, 0.15) is 42.7 Å². The van der Waals surface area contributed by atoms with Gasteiger partial charge < -0.3 is 29.9 Å². The zero-order chi connectivity index (χ0) is 27.2. The van der Waals surface area contributed by atoms with Crippen LogP contribution in [0.15, 0.2) is 48.5 Å². The summed E-state index contributed by atoms with van der Waals surface area (Å²) in [6.07, 6.45) is 0.750. The van der Waals surface area contributed by atoms with Crippen LogP contribution in [-0.4, -0.2) is 72.1 Å². The van der Waals surface area contributed by atoms with Gasteiger partial charge in [-0.15, -0.1) is 0 Å². The first-order valence-corrected chi connectivity index (χ1v) is 13.0. The number of nitrogens with one attached hydrogen (secondary N) is 2. The topological polar surface area (TPSA) is 115 Å². The van der Waals surface area contributed by atoms with Gasteiger partial charge in [-0.1, -0.05) is 38.1 Å². The molecule has 1 aromatic heterocycles. The van der Waals surface area contributed by atoms with E-state index in [4.69, 9.17) is 4.74 Å². The highest BCUT2D eigenvalue weighted by atomic mass is 16.5. The first kappa shape index (κ1) is 25.8. The van der Waals surface area contributed by atoms with Gasteiger partial charge in [0.1, 0.15) is 17.5 Å². The summed E-state index contributed by atoms with van der Waals surface area (Å²) in [4.78, 5) is 47.1. The Labute approximate surface area is 221 Å². The molecular formula is C29H34N4O5. The van der Waals surface area contributed by atoms with Gasteiger partial charge in [-0.25, -0.2) is 0 Å². The number of aromatic amines is 1. The quantitative estimate of drug-likeness (QED) is 0.445. The second-order valence-electron chi connectivity index (χ2n) is 10.7. The summed E-state index contributed by atoms with van der Waals surface area (Å²) < 4.78 is 5.40. The summed E-state index contributed by atoms with van der Waals surface area (Å²) in [5, 5.41) is 14.0. The number of fused-ring (bicyclic) bond motifs is 3. The summed E-state index contributed by atoms with van der Waals surface area (Å²) >= 11 is 0. The van der Waals surface area contributed by atoms with Crippen molar-refractivity contribution in [2.75, 3.05) is 32.2 Å². The van der Waals surface area contributed by atoms with E-state index in [2.05, 4.69) is 10.3 Å². The largest absolute Gasteiger partial charge is 0.496 e. The minimum absolute atomic E-state index is 0.0797. The van der Waals surface area contributed by atoms with Crippen molar-refractivity contribution in [1.29, 1.82) is 0 Å². The van der Waals surface area contributed by atoms with E-state index < -0.39 is 23.4 Å². The maximum Gasteiger partial charge on any atom is 0.268 e. The van der Waals surface area contributed by atoms with Gasteiger partial charge in [0.2, 0.25) is 11.8 Å². The molecule has 3 aromatic rings. The number of rotatable bonds is 7. The molecule has 0 saturated carbocycles. The number of methoxy groups -OCH3 is 1. The lowest BCUT2D eigenvalue weighted by Crippen LogP contribution is -2.52. The Kier molecular flexibility index (Phi) is 6.65. The van der Waals surface area contributed by atoms with Crippen molar-refractivity contribution in [3.8, 4) is 5.75 Å². The highest BCUT2D eigenvalue weighted by Gasteiger charge is 2.57. The number of hydrogen-bond donors (Lipinski definition) is 3. The van der Waals surface area contributed by atoms with Crippen LogP contribution in [0.4, 0.5) is 5.69 Å². The fraction of sp³-hybridized carbons (Fsp3) is 0.414. The van der Waals surface area contributed by atoms with Crippen molar-refractivity contribution in [3.63, 3.8) is 0 Å². The van der Waals surface area contributed by atoms with E-state index in [9.17, 15) is 19.5 Å². The second kappa shape index (κ2) is 9.79. The van der Waals surface area contributed by atoms with Gasteiger partial charge in [-0.3, -0.25) is 14.4 Å². The fourth-order valence-electron chi connectivity index (χ4n) is 6.04. The third-order valence-corrected chi connectivity index (χ3v) is 7.85. The molecule has 2 aliphatic rings. The second-order valence-corrected chi connectivity index (χ2v) is 10.7. The number of carbonyl (C=O) groups excluding carboxylic acids is 3. The van der Waals surface area contributed by atoms with E-state index >= 15 is 0 Å². The Morgan fingerprint density at radius 1 is 1.21 bits per heavy atom. The number of ether oxygens (including phenoxy) is 1. The molecular weight excluding hydrogens is 484 g/mol. The maximum absolute atomic E-state index is 14.0. The number of aromatic nitrogens is 1. The van der Waals surface area contributed by atoms with E-state index in [1.807, 2.05) is 56.3 Å². The SMILES string of the molecule is COc1cccc2[nH]c(C(=O)N[C@@H](CC(C)C)C(=O)N3C[C@]4(C[C@H]3CO)C(=O)N(C)c3ccccc34)cc12. The Bertz CT molecular complexity index is 1400. The zero-order valence-electron chi connectivity index (χ0n) is 22.2. The average Bonchev–Trinajstić information content (AvgIpc) is 3.58. The van der Waals surface area contributed by atoms with Crippen LogP contribution in [0, 0.1) is 5.92 Å². The van der Waals surface area contributed by atoms with Gasteiger partial charge in [0, 0.05) is 30.2 Å². The molecule has 1 spiro atoms. The summed E-state index contributed by atoms with van der Waals surface area (Å²) in [7, 11) is 3.32. The lowest BCUT2D eigenvalue weighted by atomic mass is 9.79. The van der Waals surface area contributed by atoms with Crippen LogP contribution < -0.4 is 15.0 Å². The molecule has 0 unspecified atom stereocenters. The van der Waals surface area contributed by atoms with Crippen LogP contribution in [0.3, 0.4) is 0 Å². The van der Waals surface area contributed by atoms with Gasteiger partial charge in [0.05, 0.1) is 25.2 Å². The number of hydrogen-bond acceptors (Lipinski definition) is 5. The molecule has 9 nitrogen and oxygen atoms in total. The number of likely N-dealkylation sites (N-methyl/N-ethyl adjacent to an activating group) is 1. The van der Waals surface area contributed by atoms with Crippen molar-refractivity contribution in [1.82, 2.24) is 15.2 Å². The molecule has 2 aromatic carbocycles. The van der Waals surface area contributed by atoms with Crippen molar-refractivity contribution < 1.29 is 24.2 Å². The Morgan fingerprint density at radius 3 is 2.68 bits per heavy atom. The lowest BCUT2D eigenvalue weighted by Gasteiger charge is -2.29. The number of aliphatic hydroxyl groups excluding tert-OH is 1. The van der Waals surface area contributed by atoms with Gasteiger partial charge in [0.15, 0.2) is 0 Å². The van der Waals surface area contributed by atoms with Gasteiger partial charge in [-0.2, -0.15) is 0 Å². The van der Waals surface area contributed by atoms with Crippen LogP contribution in [0.25, 0.3) is 10.9 Å². The number of nitrogens with zero attached hydrogens (tertiary/aromatic N) is 2. The van der Waals surface area contributed by atoms with Gasteiger partial charge >= 0.3 is 0 Å². The van der Waals surface area contributed by atoms with Crippen molar-refractivity contribution in [2.24, 2.45) is 5.92 Å². The monoisotopic (exact) mass is 518 g/mol. The average molecular weight is 519 g/mol. The number of H-pyrrole nitrogens is 1. The zero-order valence-corrected chi connectivity index (χ0v) is 22.2.